The van der Waals surface area contributed by atoms with Gasteiger partial charge in [-0.05, 0) is 31.9 Å². The third-order valence-electron chi connectivity index (χ3n) is 4.20. The second-order valence-electron chi connectivity index (χ2n) is 5.98. The average Bonchev–Trinajstić information content (AvgIpc) is 2.61. The van der Waals surface area contributed by atoms with E-state index in [0.29, 0.717) is 0 Å². The first-order valence-corrected chi connectivity index (χ1v) is 8.34. The number of anilines is 1. The largest absolute Gasteiger partial charge is 0.393 e. The van der Waals surface area contributed by atoms with Gasteiger partial charge in [-0.2, -0.15) is 0 Å². The van der Waals surface area contributed by atoms with Gasteiger partial charge in [-0.1, -0.05) is 30.3 Å². The number of likely N-dealkylation sites (tertiary alicyclic amines) is 1. The number of nitrogens with one attached hydrogen (secondary N) is 1. The zero-order chi connectivity index (χ0) is 15.9. The van der Waals surface area contributed by atoms with Gasteiger partial charge in [-0.3, -0.25) is 0 Å². The first-order chi connectivity index (χ1) is 11.3. The van der Waals surface area contributed by atoms with Crippen LogP contribution in [0.15, 0.2) is 42.6 Å². The lowest BCUT2D eigenvalue weighted by Crippen LogP contribution is -2.36. The summed E-state index contributed by atoms with van der Waals surface area (Å²) >= 11 is 0. The molecular formula is C18H24N4O. The van der Waals surface area contributed by atoms with E-state index in [0.717, 1.165) is 62.6 Å². The lowest BCUT2D eigenvalue weighted by Gasteiger charge is -2.29. The Morgan fingerprint density at radius 3 is 2.70 bits per heavy atom. The molecule has 122 valence electrons. The number of nitrogens with zero attached hydrogens (tertiary/aromatic N) is 3. The quantitative estimate of drug-likeness (QED) is 0.802. The van der Waals surface area contributed by atoms with Gasteiger partial charge in [0, 0.05) is 31.4 Å². The molecule has 2 aromatic rings. The standard InChI is InChI=1S/C18H24N4O/c23-16-8-13-22(14-9-16)12-4-10-19-17-7-11-20-18(21-17)15-5-2-1-3-6-15/h1-3,5-7,11,16,23H,4,8-10,12-14H2,(H,19,20,21). The summed E-state index contributed by atoms with van der Waals surface area (Å²) < 4.78 is 0. The number of hydrogen-bond donors (Lipinski definition) is 2. The molecule has 3 rings (SSSR count). The smallest absolute Gasteiger partial charge is 0.161 e. The number of aliphatic hydroxyl groups is 1. The Balaban J connectivity index is 1.45. The van der Waals surface area contributed by atoms with Crippen LogP contribution in [0.2, 0.25) is 0 Å². The predicted octanol–water partition coefficient (Wildman–Crippen LogP) is 2.40. The molecule has 2 heterocycles. The number of rotatable bonds is 6. The van der Waals surface area contributed by atoms with E-state index in [1.165, 1.54) is 0 Å². The molecule has 1 aromatic heterocycles. The molecule has 0 spiro atoms. The predicted molar refractivity (Wildman–Crippen MR) is 92.3 cm³/mol. The van der Waals surface area contributed by atoms with Gasteiger partial charge in [-0.15, -0.1) is 0 Å². The van der Waals surface area contributed by atoms with E-state index in [1.54, 1.807) is 6.20 Å². The maximum absolute atomic E-state index is 9.51. The van der Waals surface area contributed by atoms with Gasteiger partial charge in [0.05, 0.1) is 6.10 Å². The average molecular weight is 312 g/mol. The van der Waals surface area contributed by atoms with Crippen molar-refractivity contribution in [2.45, 2.75) is 25.4 Å². The van der Waals surface area contributed by atoms with Crippen LogP contribution in [0.5, 0.6) is 0 Å². The maximum Gasteiger partial charge on any atom is 0.161 e. The molecule has 0 unspecified atom stereocenters. The molecule has 1 aromatic carbocycles. The van der Waals surface area contributed by atoms with Gasteiger partial charge in [-0.25, -0.2) is 9.97 Å². The summed E-state index contributed by atoms with van der Waals surface area (Å²) in [5.41, 5.74) is 1.03. The Hall–Kier alpha value is -1.98. The van der Waals surface area contributed by atoms with E-state index in [-0.39, 0.29) is 6.10 Å². The first kappa shape index (κ1) is 15.9. The van der Waals surface area contributed by atoms with Gasteiger partial charge in [0.25, 0.3) is 0 Å². The van der Waals surface area contributed by atoms with Crippen molar-refractivity contribution < 1.29 is 5.11 Å². The summed E-state index contributed by atoms with van der Waals surface area (Å²) in [6.07, 6.45) is 4.58. The fourth-order valence-electron chi connectivity index (χ4n) is 2.85. The highest BCUT2D eigenvalue weighted by molar-refractivity contribution is 5.56. The van der Waals surface area contributed by atoms with E-state index in [1.807, 2.05) is 36.4 Å². The molecule has 2 N–H and O–H groups in total. The van der Waals surface area contributed by atoms with Crippen LogP contribution in [0.1, 0.15) is 19.3 Å². The molecule has 0 aliphatic carbocycles. The topological polar surface area (TPSA) is 61.3 Å². The lowest BCUT2D eigenvalue weighted by atomic mass is 10.1. The number of piperidine rings is 1. The van der Waals surface area contributed by atoms with Crippen LogP contribution >= 0.6 is 0 Å². The summed E-state index contributed by atoms with van der Waals surface area (Å²) in [6, 6.07) is 11.9. The van der Waals surface area contributed by atoms with Crippen molar-refractivity contribution in [2.24, 2.45) is 0 Å². The molecule has 5 heteroatoms. The monoisotopic (exact) mass is 312 g/mol. The van der Waals surface area contributed by atoms with Crippen LogP contribution < -0.4 is 5.32 Å². The second-order valence-corrected chi connectivity index (χ2v) is 5.98. The van der Waals surface area contributed by atoms with Crippen LogP contribution in [-0.4, -0.2) is 52.3 Å². The Morgan fingerprint density at radius 2 is 1.91 bits per heavy atom. The Kier molecular flexibility index (Phi) is 5.56. The van der Waals surface area contributed by atoms with Gasteiger partial charge < -0.3 is 15.3 Å². The molecule has 0 saturated carbocycles. The second kappa shape index (κ2) is 8.04. The van der Waals surface area contributed by atoms with Crippen molar-refractivity contribution in [3.8, 4) is 11.4 Å². The van der Waals surface area contributed by atoms with E-state index in [2.05, 4.69) is 20.2 Å². The minimum atomic E-state index is -0.0956. The molecule has 0 atom stereocenters. The zero-order valence-corrected chi connectivity index (χ0v) is 13.4. The molecule has 23 heavy (non-hydrogen) atoms. The highest BCUT2D eigenvalue weighted by atomic mass is 16.3. The number of benzene rings is 1. The maximum atomic E-state index is 9.51. The van der Waals surface area contributed by atoms with Gasteiger partial charge in [0.15, 0.2) is 5.82 Å². The third kappa shape index (κ3) is 4.74. The van der Waals surface area contributed by atoms with Gasteiger partial charge >= 0.3 is 0 Å². The molecule has 5 nitrogen and oxygen atoms in total. The van der Waals surface area contributed by atoms with Crippen LogP contribution in [0.25, 0.3) is 11.4 Å². The fourth-order valence-corrected chi connectivity index (χ4v) is 2.85. The first-order valence-electron chi connectivity index (χ1n) is 8.34. The molecule has 1 aliphatic heterocycles. The summed E-state index contributed by atoms with van der Waals surface area (Å²) in [5, 5.41) is 12.9. The zero-order valence-electron chi connectivity index (χ0n) is 13.4. The van der Waals surface area contributed by atoms with E-state index >= 15 is 0 Å². The molecule has 0 radical (unpaired) electrons. The highest BCUT2D eigenvalue weighted by Crippen LogP contribution is 2.15. The SMILES string of the molecule is OC1CCN(CCCNc2ccnc(-c3ccccc3)n2)CC1. The lowest BCUT2D eigenvalue weighted by molar-refractivity contribution is 0.0825. The minimum absolute atomic E-state index is 0.0956. The number of aliphatic hydroxyl groups excluding tert-OH is 1. The van der Waals surface area contributed by atoms with Crippen LogP contribution in [-0.2, 0) is 0 Å². The van der Waals surface area contributed by atoms with Crippen molar-refractivity contribution in [2.75, 3.05) is 31.5 Å². The number of aromatic nitrogens is 2. The molecule has 1 fully saturated rings. The van der Waals surface area contributed by atoms with Crippen molar-refractivity contribution in [3.63, 3.8) is 0 Å². The van der Waals surface area contributed by atoms with Gasteiger partial charge in [0.2, 0.25) is 0 Å². The van der Waals surface area contributed by atoms with E-state index in [9.17, 15) is 5.11 Å². The van der Waals surface area contributed by atoms with Crippen LogP contribution in [0.4, 0.5) is 5.82 Å². The molecule has 1 aliphatic rings. The summed E-state index contributed by atoms with van der Waals surface area (Å²) in [6.45, 7) is 3.97. The minimum Gasteiger partial charge on any atom is -0.393 e. The van der Waals surface area contributed by atoms with Crippen LogP contribution in [0, 0.1) is 0 Å². The summed E-state index contributed by atoms with van der Waals surface area (Å²) in [5.74, 6) is 1.62. The molecule has 0 amide bonds. The Bertz CT molecular complexity index is 597. The number of hydrogen-bond acceptors (Lipinski definition) is 5. The fraction of sp³-hybridized carbons (Fsp3) is 0.444. The van der Waals surface area contributed by atoms with Crippen LogP contribution in [0.3, 0.4) is 0 Å². The normalized spacial score (nSPS) is 16.4. The third-order valence-corrected chi connectivity index (χ3v) is 4.20. The van der Waals surface area contributed by atoms with Crippen molar-refractivity contribution in [1.29, 1.82) is 0 Å². The van der Waals surface area contributed by atoms with Crippen molar-refractivity contribution >= 4 is 5.82 Å². The highest BCUT2D eigenvalue weighted by Gasteiger charge is 2.15. The molecular weight excluding hydrogens is 288 g/mol. The van der Waals surface area contributed by atoms with Gasteiger partial charge in [0.1, 0.15) is 5.82 Å². The Labute approximate surface area is 137 Å². The van der Waals surface area contributed by atoms with E-state index in [4.69, 9.17) is 0 Å². The van der Waals surface area contributed by atoms with Crippen molar-refractivity contribution in [3.05, 3.63) is 42.6 Å². The Morgan fingerprint density at radius 1 is 1.13 bits per heavy atom. The molecule has 0 bridgehead atoms. The summed E-state index contributed by atoms with van der Waals surface area (Å²) in [4.78, 5) is 11.3. The molecule has 1 saturated heterocycles. The van der Waals surface area contributed by atoms with Crippen molar-refractivity contribution in [1.82, 2.24) is 14.9 Å². The summed E-state index contributed by atoms with van der Waals surface area (Å²) in [7, 11) is 0. The van der Waals surface area contributed by atoms with E-state index < -0.39 is 0 Å².